The monoisotopic (exact) mass is 168 g/mol. The minimum Gasteiger partial charge on any atom is -0.344 e. The van der Waals surface area contributed by atoms with Crippen molar-refractivity contribution in [1.82, 2.24) is 10.2 Å². The number of likely N-dealkylation sites (tertiary alicyclic amines) is 1. The molecule has 2 rings (SSSR count). The summed E-state index contributed by atoms with van der Waals surface area (Å²) >= 11 is 0. The number of nitrogens with zero attached hydrogens (tertiary/aromatic N) is 1. The van der Waals surface area contributed by atoms with Gasteiger partial charge in [0, 0.05) is 13.6 Å². The number of hydrogen-bond donors (Lipinski definition) is 1. The number of nitrogens with one attached hydrogen (secondary N) is 1. The number of carbonyl (C=O) groups excluding carboxylic acids is 1. The van der Waals surface area contributed by atoms with Crippen LogP contribution in [0, 0.1) is 0 Å². The van der Waals surface area contributed by atoms with Gasteiger partial charge in [0.15, 0.2) is 0 Å². The molecular weight excluding hydrogens is 152 g/mol. The molecule has 1 atom stereocenters. The summed E-state index contributed by atoms with van der Waals surface area (Å²) < 4.78 is 0. The van der Waals surface area contributed by atoms with E-state index >= 15 is 0 Å². The van der Waals surface area contributed by atoms with Crippen molar-refractivity contribution < 1.29 is 4.79 Å². The first-order valence-electron chi connectivity index (χ1n) is 4.75. The van der Waals surface area contributed by atoms with Crippen molar-refractivity contribution in [3.8, 4) is 0 Å². The summed E-state index contributed by atoms with van der Waals surface area (Å²) in [5, 5.41) is 3.38. The van der Waals surface area contributed by atoms with E-state index in [1.807, 2.05) is 11.9 Å². The van der Waals surface area contributed by atoms with Crippen molar-refractivity contribution in [2.75, 3.05) is 20.1 Å². The zero-order valence-electron chi connectivity index (χ0n) is 7.60. The van der Waals surface area contributed by atoms with Crippen LogP contribution >= 0.6 is 0 Å². The van der Waals surface area contributed by atoms with Crippen LogP contribution in [0.2, 0.25) is 0 Å². The molecule has 3 heteroatoms. The highest BCUT2D eigenvalue weighted by Gasteiger charge is 2.45. The molecule has 0 aromatic rings. The van der Waals surface area contributed by atoms with Gasteiger partial charge >= 0.3 is 0 Å². The standard InChI is InChI=1S/C9H16N2O/c1-11-7-5-9(8(11)12)4-2-3-6-10-9/h10H,2-7H2,1H3. The first-order valence-corrected chi connectivity index (χ1v) is 4.75. The van der Waals surface area contributed by atoms with E-state index in [1.165, 1.54) is 12.8 Å². The Morgan fingerprint density at radius 2 is 2.25 bits per heavy atom. The van der Waals surface area contributed by atoms with Gasteiger partial charge in [-0.05, 0) is 32.2 Å². The zero-order valence-corrected chi connectivity index (χ0v) is 7.60. The SMILES string of the molecule is CN1CCC2(CCCCN2)C1=O. The van der Waals surface area contributed by atoms with Gasteiger partial charge in [-0.15, -0.1) is 0 Å². The van der Waals surface area contributed by atoms with Crippen LogP contribution in [0.4, 0.5) is 0 Å². The van der Waals surface area contributed by atoms with Crippen LogP contribution in [0.15, 0.2) is 0 Å². The molecule has 0 aromatic carbocycles. The Bertz CT molecular complexity index is 191. The van der Waals surface area contributed by atoms with Gasteiger partial charge in [0.2, 0.25) is 5.91 Å². The molecule has 68 valence electrons. The fourth-order valence-corrected chi connectivity index (χ4v) is 2.30. The van der Waals surface area contributed by atoms with Crippen molar-refractivity contribution in [3.05, 3.63) is 0 Å². The maximum absolute atomic E-state index is 11.7. The number of likely N-dealkylation sites (N-methyl/N-ethyl adjacent to an activating group) is 1. The maximum atomic E-state index is 11.7. The Hall–Kier alpha value is -0.570. The summed E-state index contributed by atoms with van der Waals surface area (Å²) in [4.78, 5) is 13.6. The molecule has 2 aliphatic rings. The molecule has 2 aliphatic heterocycles. The van der Waals surface area contributed by atoms with Crippen LogP contribution in [-0.2, 0) is 4.79 Å². The van der Waals surface area contributed by atoms with Crippen molar-refractivity contribution >= 4 is 5.91 Å². The molecule has 1 N–H and O–H groups in total. The minimum atomic E-state index is -0.160. The number of amides is 1. The molecule has 2 heterocycles. The molecule has 0 radical (unpaired) electrons. The Labute approximate surface area is 73.1 Å². The zero-order chi connectivity index (χ0) is 8.60. The van der Waals surface area contributed by atoms with Crippen LogP contribution in [-0.4, -0.2) is 36.5 Å². The normalized spacial score (nSPS) is 36.4. The van der Waals surface area contributed by atoms with E-state index in [2.05, 4.69) is 5.32 Å². The molecular formula is C9H16N2O. The smallest absolute Gasteiger partial charge is 0.242 e. The largest absolute Gasteiger partial charge is 0.344 e. The molecule has 0 saturated carbocycles. The van der Waals surface area contributed by atoms with Gasteiger partial charge in [-0.1, -0.05) is 0 Å². The molecule has 0 aromatic heterocycles. The predicted octanol–water partition coefficient (Wildman–Crippen LogP) is 0.361. The second-order valence-corrected chi connectivity index (χ2v) is 3.94. The molecule has 1 unspecified atom stereocenters. The summed E-state index contributed by atoms with van der Waals surface area (Å²) in [6, 6.07) is 0. The number of carbonyl (C=O) groups is 1. The molecule has 2 saturated heterocycles. The molecule has 2 fully saturated rings. The lowest BCUT2D eigenvalue weighted by molar-refractivity contribution is -0.132. The number of rotatable bonds is 0. The number of piperidine rings is 1. The first kappa shape index (κ1) is 8.05. The predicted molar refractivity (Wildman–Crippen MR) is 46.8 cm³/mol. The molecule has 12 heavy (non-hydrogen) atoms. The van der Waals surface area contributed by atoms with Crippen LogP contribution in [0.1, 0.15) is 25.7 Å². The van der Waals surface area contributed by atoms with Gasteiger partial charge in [-0.3, -0.25) is 4.79 Å². The topological polar surface area (TPSA) is 32.3 Å². The van der Waals surface area contributed by atoms with Gasteiger partial charge in [-0.2, -0.15) is 0 Å². The van der Waals surface area contributed by atoms with E-state index in [1.54, 1.807) is 0 Å². The molecule has 0 aliphatic carbocycles. The minimum absolute atomic E-state index is 0.160. The van der Waals surface area contributed by atoms with Crippen molar-refractivity contribution in [3.63, 3.8) is 0 Å². The van der Waals surface area contributed by atoms with E-state index < -0.39 is 0 Å². The summed E-state index contributed by atoms with van der Waals surface area (Å²) in [6.45, 7) is 1.94. The molecule has 3 nitrogen and oxygen atoms in total. The summed E-state index contributed by atoms with van der Waals surface area (Å²) in [7, 11) is 1.90. The average molecular weight is 168 g/mol. The van der Waals surface area contributed by atoms with Gasteiger partial charge in [0.25, 0.3) is 0 Å². The van der Waals surface area contributed by atoms with Gasteiger partial charge < -0.3 is 10.2 Å². The van der Waals surface area contributed by atoms with Gasteiger partial charge in [0.1, 0.15) is 0 Å². The summed E-state index contributed by atoms with van der Waals surface area (Å²) in [5.74, 6) is 0.308. The van der Waals surface area contributed by atoms with Crippen LogP contribution in [0.25, 0.3) is 0 Å². The second-order valence-electron chi connectivity index (χ2n) is 3.94. The second kappa shape index (κ2) is 2.73. The van der Waals surface area contributed by atoms with Crippen LogP contribution < -0.4 is 5.32 Å². The van der Waals surface area contributed by atoms with E-state index in [9.17, 15) is 4.79 Å². The summed E-state index contributed by atoms with van der Waals surface area (Å²) in [6.07, 6.45) is 4.46. The third-order valence-electron chi connectivity index (χ3n) is 3.12. The maximum Gasteiger partial charge on any atom is 0.242 e. The van der Waals surface area contributed by atoms with Crippen LogP contribution in [0.3, 0.4) is 0 Å². The highest BCUT2D eigenvalue weighted by molar-refractivity contribution is 5.88. The van der Waals surface area contributed by atoms with E-state index in [0.29, 0.717) is 5.91 Å². The van der Waals surface area contributed by atoms with Crippen molar-refractivity contribution in [2.24, 2.45) is 0 Å². The molecule has 1 spiro atoms. The van der Waals surface area contributed by atoms with Crippen molar-refractivity contribution in [2.45, 2.75) is 31.2 Å². The fourth-order valence-electron chi connectivity index (χ4n) is 2.30. The lowest BCUT2D eigenvalue weighted by Gasteiger charge is -2.32. The van der Waals surface area contributed by atoms with Crippen molar-refractivity contribution in [1.29, 1.82) is 0 Å². The average Bonchev–Trinajstić information content (AvgIpc) is 2.37. The Morgan fingerprint density at radius 1 is 1.42 bits per heavy atom. The molecule has 0 bridgehead atoms. The highest BCUT2D eigenvalue weighted by Crippen LogP contribution is 2.29. The quantitative estimate of drug-likeness (QED) is 0.566. The van der Waals surface area contributed by atoms with E-state index in [-0.39, 0.29) is 5.54 Å². The first-order chi connectivity index (χ1) is 5.75. The molecule has 1 amide bonds. The van der Waals surface area contributed by atoms with Gasteiger partial charge in [0.05, 0.1) is 5.54 Å². The lowest BCUT2D eigenvalue weighted by atomic mass is 9.87. The Kier molecular flexibility index (Phi) is 1.83. The third kappa shape index (κ3) is 1.04. The Balaban J connectivity index is 2.14. The number of hydrogen-bond acceptors (Lipinski definition) is 2. The van der Waals surface area contributed by atoms with E-state index in [0.717, 1.165) is 25.9 Å². The third-order valence-corrected chi connectivity index (χ3v) is 3.12. The van der Waals surface area contributed by atoms with E-state index in [4.69, 9.17) is 0 Å². The highest BCUT2D eigenvalue weighted by atomic mass is 16.2. The Morgan fingerprint density at radius 3 is 2.75 bits per heavy atom. The summed E-state index contributed by atoms with van der Waals surface area (Å²) in [5.41, 5.74) is -0.160. The lowest BCUT2D eigenvalue weighted by Crippen LogP contribution is -2.53. The van der Waals surface area contributed by atoms with Crippen LogP contribution in [0.5, 0.6) is 0 Å². The fraction of sp³-hybridized carbons (Fsp3) is 0.889. The van der Waals surface area contributed by atoms with Gasteiger partial charge in [-0.25, -0.2) is 0 Å².